The number of hydrogen-bond donors (Lipinski definition) is 2. The molecule has 2 N–H and O–H groups in total. The van der Waals surface area contributed by atoms with Gasteiger partial charge in [0.25, 0.3) is 11.6 Å². The molecule has 29 heavy (non-hydrogen) atoms. The maximum atomic E-state index is 12.4. The smallest absolute Gasteiger partial charge is 0.271 e. The van der Waals surface area contributed by atoms with E-state index in [-0.39, 0.29) is 16.6 Å². The minimum absolute atomic E-state index is 0.0711. The number of carbonyl (C=O) groups is 1. The molecule has 9 nitrogen and oxygen atoms in total. The second-order valence-electron chi connectivity index (χ2n) is 5.87. The second-order valence-corrected chi connectivity index (χ2v) is 6.28. The fourth-order valence-corrected chi connectivity index (χ4v) is 2.83. The van der Waals surface area contributed by atoms with E-state index < -0.39 is 4.92 Å². The van der Waals surface area contributed by atoms with Gasteiger partial charge in [-0.05, 0) is 24.6 Å². The molecule has 0 aromatic heterocycles. The molecule has 0 saturated carbocycles. The summed E-state index contributed by atoms with van der Waals surface area (Å²) in [5.41, 5.74) is 0.900. The topological polar surface area (TPSA) is 112 Å². The van der Waals surface area contributed by atoms with Crippen molar-refractivity contribution < 1.29 is 23.9 Å². The summed E-state index contributed by atoms with van der Waals surface area (Å²) in [5.74, 6) is 0.923. The molecule has 2 aromatic carbocycles. The van der Waals surface area contributed by atoms with Crippen LogP contribution in [0.25, 0.3) is 0 Å². The molecule has 0 saturated heterocycles. The van der Waals surface area contributed by atoms with Crippen LogP contribution in [0, 0.1) is 10.1 Å². The number of benzene rings is 2. The summed E-state index contributed by atoms with van der Waals surface area (Å²) in [6.45, 7) is 0.931. The fraction of sp³-hybridized carbons (Fsp3) is 0.316. The Morgan fingerprint density at radius 3 is 2.24 bits per heavy atom. The predicted octanol–water partition coefficient (Wildman–Crippen LogP) is 3.51. The van der Waals surface area contributed by atoms with Gasteiger partial charge in [-0.15, -0.1) is 0 Å². The molecule has 0 aliphatic rings. The summed E-state index contributed by atoms with van der Waals surface area (Å²) in [5, 5.41) is 16.9. The number of nitrogens with zero attached hydrogens (tertiary/aromatic N) is 1. The maximum Gasteiger partial charge on any atom is 0.271 e. The molecule has 2 rings (SSSR count). The lowest BCUT2D eigenvalue weighted by Crippen LogP contribution is -2.26. The van der Waals surface area contributed by atoms with Crippen LogP contribution in [0.5, 0.6) is 17.2 Å². The van der Waals surface area contributed by atoms with Crippen LogP contribution in [-0.2, 0) is 0 Å². The van der Waals surface area contributed by atoms with E-state index in [9.17, 15) is 14.9 Å². The molecule has 156 valence electrons. The molecule has 0 fully saturated rings. The Morgan fingerprint density at radius 2 is 1.72 bits per heavy atom. The van der Waals surface area contributed by atoms with Gasteiger partial charge in [0, 0.05) is 30.8 Å². The van der Waals surface area contributed by atoms with Gasteiger partial charge in [0.2, 0.25) is 5.75 Å². The number of nitrogens with one attached hydrogen (secondary N) is 2. The highest BCUT2D eigenvalue weighted by Gasteiger charge is 2.16. The molecule has 0 spiro atoms. The lowest BCUT2D eigenvalue weighted by molar-refractivity contribution is -0.384. The SMILES string of the molecule is COc1cc(C(=O)NCCCNc2ccc([N+](=O)[O-])cc2Cl)cc(OC)c1OC. The van der Waals surface area contributed by atoms with E-state index in [0.717, 1.165) is 0 Å². The standard InChI is InChI=1S/C19H22ClN3O6/c1-27-16-9-12(10-17(28-2)18(16)29-3)19(24)22-8-4-7-21-15-6-5-13(23(25)26)11-14(15)20/h5-6,9-11,21H,4,7-8H2,1-3H3,(H,22,24). The number of halogens is 1. The molecule has 10 heteroatoms. The van der Waals surface area contributed by atoms with Crippen LogP contribution in [0.2, 0.25) is 5.02 Å². The second kappa shape index (κ2) is 10.4. The molecular weight excluding hydrogens is 402 g/mol. The van der Waals surface area contributed by atoms with Gasteiger partial charge < -0.3 is 24.8 Å². The van der Waals surface area contributed by atoms with Crippen LogP contribution in [0.1, 0.15) is 16.8 Å². The van der Waals surface area contributed by atoms with Gasteiger partial charge in [-0.3, -0.25) is 14.9 Å². The van der Waals surface area contributed by atoms with Crippen LogP contribution >= 0.6 is 11.6 Å². The largest absolute Gasteiger partial charge is 0.493 e. The zero-order chi connectivity index (χ0) is 21.4. The summed E-state index contributed by atoms with van der Waals surface area (Å²) in [7, 11) is 4.45. The van der Waals surface area contributed by atoms with Crippen LogP contribution in [0.15, 0.2) is 30.3 Å². The lowest BCUT2D eigenvalue weighted by Gasteiger charge is -2.14. The number of hydrogen-bond acceptors (Lipinski definition) is 7. The summed E-state index contributed by atoms with van der Waals surface area (Å²) < 4.78 is 15.7. The van der Waals surface area contributed by atoms with Gasteiger partial charge in [-0.2, -0.15) is 0 Å². The summed E-state index contributed by atoms with van der Waals surface area (Å²) in [4.78, 5) is 22.6. The lowest BCUT2D eigenvalue weighted by atomic mass is 10.1. The van der Waals surface area contributed by atoms with E-state index in [1.807, 2.05) is 0 Å². The number of rotatable bonds is 10. The summed E-state index contributed by atoms with van der Waals surface area (Å²) in [6.07, 6.45) is 0.615. The van der Waals surface area contributed by atoms with E-state index >= 15 is 0 Å². The third-order valence-electron chi connectivity index (χ3n) is 4.04. The minimum atomic E-state index is -0.506. The number of non-ortho nitro benzene ring substituents is 1. The summed E-state index contributed by atoms with van der Waals surface area (Å²) >= 11 is 6.03. The molecular formula is C19H22ClN3O6. The molecule has 0 heterocycles. The van der Waals surface area contributed by atoms with Crippen LogP contribution < -0.4 is 24.8 Å². The van der Waals surface area contributed by atoms with Crippen molar-refractivity contribution in [3.63, 3.8) is 0 Å². The Balaban J connectivity index is 1.88. The maximum absolute atomic E-state index is 12.4. The number of carbonyl (C=O) groups excluding carboxylic acids is 1. The first kappa shape index (κ1) is 22.1. The van der Waals surface area contributed by atoms with Crippen molar-refractivity contribution in [3.8, 4) is 17.2 Å². The van der Waals surface area contributed by atoms with Gasteiger partial charge in [-0.25, -0.2) is 0 Å². The number of ether oxygens (including phenoxy) is 3. The van der Waals surface area contributed by atoms with Crippen molar-refractivity contribution in [3.05, 3.63) is 51.0 Å². The monoisotopic (exact) mass is 423 g/mol. The van der Waals surface area contributed by atoms with Crippen LogP contribution in [-0.4, -0.2) is 45.2 Å². The fourth-order valence-electron chi connectivity index (χ4n) is 2.59. The van der Waals surface area contributed by atoms with Gasteiger partial charge in [0.15, 0.2) is 11.5 Å². The number of nitro benzene ring substituents is 1. The molecule has 0 radical (unpaired) electrons. The van der Waals surface area contributed by atoms with E-state index in [2.05, 4.69) is 10.6 Å². The number of methoxy groups -OCH3 is 3. The Morgan fingerprint density at radius 1 is 1.07 bits per heavy atom. The third-order valence-corrected chi connectivity index (χ3v) is 4.36. The normalized spacial score (nSPS) is 10.2. The minimum Gasteiger partial charge on any atom is -0.493 e. The first-order valence-electron chi connectivity index (χ1n) is 8.67. The van der Waals surface area contributed by atoms with Gasteiger partial charge >= 0.3 is 0 Å². The van der Waals surface area contributed by atoms with Crippen molar-refractivity contribution in [1.29, 1.82) is 0 Å². The quantitative estimate of drug-likeness (QED) is 0.341. The van der Waals surface area contributed by atoms with Crippen molar-refractivity contribution in [2.24, 2.45) is 0 Å². The zero-order valence-electron chi connectivity index (χ0n) is 16.3. The number of anilines is 1. The van der Waals surface area contributed by atoms with E-state index in [0.29, 0.717) is 48.0 Å². The highest BCUT2D eigenvalue weighted by Crippen LogP contribution is 2.38. The first-order chi connectivity index (χ1) is 13.9. The highest BCUT2D eigenvalue weighted by molar-refractivity contribution is 6.33. The third kappa shape index (κ3) is 5.64. The van der Waals surface area contributed by atoms with Crippen LogP contribution in [0.3, 0.4) is 0 Å². The summed E-state index contributed by atoms with van der Waals surface area (Å²) in [6, 6.07) is 7.36. The van der Waals surface area contributed by atoms with Crippen molar-refractivity contribution in [2.75, 3.05) is 39.7 Å². The first-order valence-corrected chi connectivity index (χ1v) is 9.05. The number of nitro groups is 1. The Hall–Kier alpha value is -3.20. The Kier molecular flexibility index (Phi) is 7.90. The number of amides is 1. The van der Waals surface area contributed by atoms with Crippen molar-refractivity contribution >= 4 is 28.9 Å². The van der Waals surface area contributed by atoms with Gasteiger partial charge in [-0.1, -0.05) is 11.6 Å². The molecule has 0 unspecified atom stereocenters. The molecule has 0 bridgehead atoms. The average molecular weight is 424 g/mol. The molecule has 0 atom stereocenters. The van der Waals surface area contributed by atoms with Crippen molar-refractivity contribution in [1.82, 2.24) is 5.32 Å². The molecule has 2 aromatic rings. The zero-order valence-corrected chi connectivity index (χ0v) is 17.0. The van der Waals surface area contributed by atoms with Gasteiger partial charge in [0.1, 0.15) is 0 Å². The van der Waals surface area contributed by atoms with Gasteiger partial charge in [0.05, 0.1) is 37.0 Å². The average Bonchev–Trinajstić information content (AvgIpc) is 2.72. The predicted molar refractivity (Wildman–Crippen MR) is 110 cm³/mol. The van der Waals surface area contributed by atoms with Crippen LogP contribution in [0.4, 0.5) is 11.4 Å². The van der Waals surface area contributed by atoms with E-state index in [1.165, 1.54) is 33.5 Å². The van der Waals surface area contributed by atoms with Crippen molar-refractivity contribution in [2.45, 2.75) is 6.42 Å². The van der Waals surface area contributed by atoms with E-state index in [1.54, 1.807) is 18.2 Å². The highest BCUT2D eigenvalue weighted by atomic mass is 35.5. The molecule has 1 amide bonds. The Bertz CT molecular complexity index is 865. The molecule has 0 aliphatic heterocycles. The Labute approximate surface area is 173 Å². The van der Waals surface area contributed by atoms with E-state index in [4.69, 9.17) is 25.8 Å². The molecule has 0 aliphatic carbocycles.